The van der Waals surface area contributed by atoms with Crippen LogP contribution in [0.3, 0.4) is 0 Å². The molecule has 1 fully saturated rings. The van der Waals surface area contributed by atoms with Crippen LogP contribution in [0.4, 0.5) is 11.8 Å². The quantitative estimate of drug-likeness (QED) is 0.465. The smallest absolute Gasteiger partial charge is 0.225 e. The highest BCUT2D eigenvalue weighted by Gasteiger charge is 2.22. The van der Waals surface area contributed by atoms with Gasteiger partial charge < -0.3 is 15.5 Å². The predicted molar refractivity (Wildman–Crippen MR) is 120 cm³/mol. The van der Waals surface area contributed by atoms with Gasteiger partial charge in [-0.1, -0.05) is 18.2 Å². The van der Waals surface area contributed by atoms with Gasteiger partial charge in [-0.05, 0) is 76.1 Å². The average molecular weight is 382 g/mol. The van der Waals surface area contributed by atoms with Crippen molar-refractivity contribution in [2.75, 3.05) is 37.4 Å². The second-order valence-electron chi connectivity index (χ2n) is 8.13. The fourth-order valence-electron chi connectivity index (χ4n) is 4.00. The van der Waals surface area contributed by atoms with Crippen molar-refractivity contribution in [2.45, 2.75) is 51.0 Å². The summed E-state index contributed by atoms with van der Waals surface area (Å²) in [6, 6.07) is 8.70. The second-order valence-corrected chi connectivity index (χ2v) is 8.13. The zero-order valence-electron chi connectivity index (χ0n) is 17.5. The van der Waals surface area contributed by atoms with E-state index in [1.807, 2.05) is 32.3 Å². The summed E-state index contributed by atoms with van der Waals surface area (Å²) in [5.74, 6) is 2.53. The number of nitrogens with zero attached hydrogens (tertiary/aromatic N) is 3. The Morgan fingerprint density at radius 1 is 1.11 bits per heavy atom. The highest BCUT2D eigenvalue weighted by molar-refractivity contribution is 5.90. The summed E-state index contributed by atoms with van der Waals surface area (Å²) in [4.78, 5) is 11.6. The van der Waals surface area contributed by atoms with Gasteiger partial charge in [0.15, 0.2) is 0 Å². The maximum Gasteiger partial charge on any atom is 0.225 e. The number of allylic oxidation sites excluding steroid dienone is 1. The van der Waals surface area contributed by atoms with Crippen molar-refractivity contribution in [3.05, 3.63) is 36.9 Å². The summed E-state index contributed by atoms with van der Waals surface area (Å²) in [7, 11) is 4.07. The summed E-state index contributed by atoms with van der Waals surface area (Å²) in [5.41, 5.74) is 0.998. The van der Waals surface area contributed by atoms with Gasteiger partial charge in [0.05, 0.1) is 5.52 Å². The Bertz CT molecular complexity index is 750. The third kappa shape index (κ3) is 5.68. The van der Waals surface area contributed by atoms with Crippen molar-refractivity contribution in [1.29, 1.82) is 0 Å². The summed E-state index contributed by atoms with van der Waals surface area (Å²) >= 11 is 0. The lowest BCUT2D eigenvalue weighted by Crippen LogP contribution is -2.32. The van der Waals surface area contributed by atoms with Crippen molar-refractivity contribution in [2.24, 2.45) is 5.92 Å². The molecule has 1 aliphatic carbocycles. The normalized spacial score (nSPS) is 19.5. The fourth-order valence-corrected chi connectivity index (χ4v) is 4.00. The number of fused-ring (bicyclic) bond motifs is 1. The summed E-state index contributed by atoms with van der Waals surface area (Å²) < 4.78 is 0. The lowest BCUT2D eigenvalue weighted by atomic mass is 9.86. The molecule has 1 aliphatic rings. The molecule has 3 rings (SSSR count). The number of benzene rings is 1. The third-order valence-corrected chi connectivity index (χ3v) is 5.63. The molecule has 0 radical (unpaired) electrons. The van der Waals surface area contributed by atoms with E-state index in [0.717, 1.165) is 48.1 Å². The monoisotopic (exact) mass is 381 g/mol. The Morgan fingerprint density at radius 2 is 1.89 bits per heavy atom. The van der Waals surface area contributed by atoms with E-state index < -0.39 is 0 Å². The molecule has 2 N–H and O–H groups in total. The minimum atomic E-state index is 0.472. The van der Waals surface area contributed by atoms with Crippen molar-refractivity contribution < 1.29 is 0 Å². The molecule has 0 atom stereocenters. The molecule has 2 aromatic rings. The minimum absolute atomic E-state index is 0.472. The van der Waals surface area contributed by atoms with E-state index in [-0.39, 0.29) is 0 Å². The van der Waals surface area contributed by atoms with Crippen LogP contribution in [0.25, 0.3) is 10.9 Å². The Labute approximate surface area is 169 Å². The molecule has 0 aliphatic heterocycles. The molecule has 1 aromatic carbocycles. The Balaban J connectivity index is 1.49. The van der Waals surface area contributed by atoms with E-state index in [1.165, 1.54) is 38.5 Å². The van der Waals surface area contributed by atoms with Gasteiger partial charge >= 0.3 is 0 Å². The molecular weight excluding hydrogens is 346 g/mol. The molecule has 5 nitrogen and oxygen atoms in total. The maximum absolute atomic E-state index is 4.78. The van der Waals surface area contributed by atoms with E-state index in [4.69, 9.17) is 9.97 Å². The molecule has 152 valence electrons. The lowest BCUT2D eigenvalue weighted by Gasteiger charge is -2.29. The van der Waals surface area contributed by atoms with E-state index in [2.05, 4.69) is 34.2 Å². The Hall–Kier alpha value is -2.14. The van der Waals surface area contributed by atoms with Gasteiger partial charge in [0, 0.05) is 25.5 Å². The lowest BCUT2D eigenvalue weighted by molar-refractivity contribution is 0.324. The number of nitrogens with one attached hydrogen (secondary N) is 2. The molecule has 1 aromatic heterocycles. The largest absolute Gasteiger partial charge is 0.362 e. The number of hydrogen-bond donors (Lipinski definition) is 2. The standard InChI is InChI=1S/C23H35N5/c1-4-5-6-9-16-24-17-18-12-14-19(15-13-18)25-23-26-21-11-8-7-10-20(21)22(27-23)28(2)3/h4,7-8,10-11,18-19,24H,1,5-6,9,12-17H2,2-3H3,(H,25,26,27). The predicted octanol–water partition coefficient (Wildman–Crippen LogP) is 4.61. The molecule has 1 saturated carbocycles. The Morgan fingerprint density at radius 3 is 2.64 bits per heavy atom. The van der Waals surface area contributed by atoms with Crippen LogP contribution in [0.2, 0.25) is 0 Å². The van der Waals surface area contributed by atoms with E-state index in [1.54, 1.807) is 0 Å². The second kappa shape index (κ2) is 10.4. The fraction of sp³-hybridized carbons (Fsp3) is 0.565. The number of aromatic nitrogens is 2. The zero-order chi connectivity index (χ0) is 19.8. The van der Waals surface area contributed by atoms with Crippen LogP contribution >= 0.6 is 0 Å². The SMILES string of the molecule is C=CCCCCNCC1CCC(Nc2nc(N(C)C)c3ccccc3n2)CC1. The topological polar surface area (TPSA) is 53.1 Å². The van der Waals surface area contributed by atoms with Gasteiger partial charge in [-0.2, -0.15) is 4.98 Å². The highest BCUT2D eigenvalue weighted by Crippen LogP contribution is 2.28. The molecule has 0 bridgehead atoms. The first-order chi connectivity index (χ1) is 13.7. The van der Waals surface area contributed by atoms with Gasteiger partial charge in [0.2, 0.25) is 5.95 Å². The van der Waals surface area contributed by atoms with Crippen LogP contribution in [0.5, 0.6) is 0 Å². The van der Waals surface area contributed by atoms with Crippen LogP contribution in [-0.4, -0.2) is 43.2 Å². The third-order valence-electron chi connectivity index (χ3n) is 5.63. The molecule has 28 heavy (non-hydrogen) atoms. The van der Waals surface area contributed by atoms with Crippen molar-refractivity contribution in [3.8, 4) is 0 Å². The summed E-state index contributed by atoms with van der Waals surface area (Å²) in [6.07, 6.45) is 10.5. The number of hydrogen-bond acceptors (Lipinski definition) is 5. The van der Waals surface area contributed by atoms with E-state index in [0.29, 0.717) is 6.04 Å². The molecule has 1 heterocycles. The zero-order valence-corrected chi connectivity index (χ0v) is 17.5. The van der Waals surface area contributed by atoms with E-state index >= 15 is 0 Å². The maximum atomic E-state index is 4.78. The molecule has 0 spiro atoms. The minimum Gasteiger partial charge on any atom is -0.362 e. The summed E-state index contributed by atoms with van der Waals surface area (Å²) in [6.45, 7) is 6.06. The van der Waals surface area contributed by atoms with Gasteiger partial charge in [0.1, 0.15) is 5.82 Å². The number of anilines is 2. The number of unbranched alkanes of at least 4 members (excludes halogenated alkanes) is 2. The van der Waals surface area contributed by atoms with Gasteiger partial charge in [-0.15, -0.1) is 6.58 Å². The van der Waals surface area contributed by atoms with Gasteiger partial charge in [-0.3, -0.25) is 0 Å². The highest BCUT2D eigenvalue weighted by atomic mass is 15.2. The van der Waals surface area contributed by atoms with Crippen LogP contribution < -0.4 is 15.5 Å². The van der Waals surface area contributed by atoms with Crippen LogP contribution in [-0.2, 0) is 0 Å². The van der Waals surface area contributed by atoms with Crippen molar-refractivity contribution >= 4 is 22.7 Å². The van der Waals surface area contributed by atoms with Gasteiger partial charge in [-0.25, -0.2) is 4.98 Å². The molecule has 0 unspecified atom stereocenters. The molecule has 0 amide bonds. The van der Waals surface area contributed by atoms with Crippen LogP contribution in [0.15, 0.2) is 36.9 Å². The molecule has 5 heteroatoms. The van der Waals surface area contributed by atoms with Crippen molar-refractivity contribution in [1.82, 2.24) is 15.3 Å². The van der Waals surface area contributed by atoms with Crippen molar-refractivity contribution in [3.63, 3.8) is 0 Å². The van der Waals surface area contributed by atoms with Gasteiger partial charge in [0.25, 0.3) is 0 Å². The molecule has 0 saturated heterocycles. The van der Waals surface area contributed by atoms with Crippen LogP contribution in [0, 0.1) is 5.92 Å². The number of rotatable bonds is 10. The first kappa shape index (κ1) is 20.6. The Kier molecular flexibility index (Phi) is 7.66. The summed E-state index contributed by atoms with van der Waals surface area (Å²) in [5, 5.41) is 8.33. The first-order valence-corrected chi connectivity index (χ1v) is 10.7. The molecular formula is C23H35N5. The average Bonchev–Trinajstić information content (AvgIpc) is 2.71. The van der Waals surface area contributed by atoms with E-state index in [9.17, 15) is 0 Å². The first-order valence-electron chi connectivity index (χ1n) is 10.7. The van der Waals surface area contributed by atoms with Crippen LogP contribution in [0.1, 0.15) is 44.9 Å². The number of para-hydroxylation sites is 1.